The van der Waals surface area contributed by atoms with E-state index in [1.807, 2.05) is 25.1 Å². The zero-order chi connectivity index (χ0) is 14.5. The lowest BCUT2D eigenvalue weighted by Crippen LogP contribution is -2.13. The van der Waals surface area contributed by atoms with Gasteiger partial charge in [-0.3, -0.25) is 0 Å². The van der Waals surface area contributed by atoms with Gasteiger partial charge in [0.25, 0.3) is 0 Å². The molecule has 20 heavy (non-hydrogen) atoms. The number of rotatable bonds is 5. The van der Waals surface area contributed by atoms with Gasteiger partial charge >= 0.3 is 0 Å². The van der Waals surface area contributed by atoms with Gasteiger partial charge in [0.1, 0.15) is 11.6 Å². The van der Waals surface area contributed by atoms with Crippen molar-refractivity contribution in [3.8, 4) is 5.75 Å². The minimum atomic E-state index is -0.757. The summed E-state index contributed by atoms with van der Waals surface area (Å²) < 4.78 is 18.2. The average Bonchev–Trinajstić information content (AvgIpc) is 2.45. The van der Waals surface area contributed by atoms with Crippen LogP contribution in [0.2, 0.25) is 0 Å². The van der Waals surface area contributed by atoms with E-state index in [1.165, 1.54) is 12.1 Å². The maximum atomic E-state index is 13.1. The average molecular weight is 275 g/mol. The van der Waals surface area contributed by atoms with Gasteiger partial charge in [-0.25, -0.2) is 4.39 Å². The number of aliphatic hydroxyl groups excluding tert-OH is 1. The highest BCUT2D eigenvalue weighted by Crippen LogP contribution is 2.22. The number of hydrogen-bond acceptors (Lipinski definition) is 3. The molecule has 3 nitrogen and oxygen atoms in total. The highest BCUT2D eigenvalue weighted by atomic mass is 19.1. The maximum absolute atomic E-state index is 13.1. The fourth-order valence-electron chi connectivity index (χ4n) is 2.00. The summed E-state index contributed by atoms with van der Waals surface area (Å²) in [5.74, 6) is 0.445. The molecule has 106 valence electrons. The Morgan fingerprint density at radius 2 is 2.05 bits per heavy atom. The first-order valence-electron chi connectivity index (χ1n) is 6.42. The zero-order valence-corrected chi connectivity index (χ0v) is 11.6. The summed E-state index contributed by atoms with van der Waals surface area (Å²) in [5.41, 5.74) is 2.50. The summed E-state index contributed by atoms with van der Waals surface area (Å²) in [6.07, 6.45) is -0.757. The lowest BCUT2D eigenvalue weighted by atomic mass is 10.1. The second-order valence-electron chi connectivity index (χ2n) is 4.63. The third kappa shape index (κ3) is 3.48. The van der Waals surface area contributed by atoms with Crippen LogP contribution in [0.25, 0.3) is 0 Å². The Morgan fingerprint density at radius 3 is 2.70 bits per heavy atom. The van der Waals surface area contributed by atoms with E-state index in [0.717, 1.165) is 17.0 Å². The molecule has 2 aromatic rings. The molecule has 0 bridgehead atoms. The first-order valence-corrected chi connectivity index (χ1v) is 6.42. The van der Waals surface area contributed by atoms with Crippen LogP contribution in [-0.4, -0.2) is 18.8 Å². The summed E-state index contributed by atoms with van der Waals surface area (Å²) in [4.78, 5) is 0. The minimum Gasteiger partial charge on any atom is -0.497 e. The molecule has 0 saturated heterocycles. The number of aliphatic hydroxyl groups is 1. The van der Waals surface area contributed by atoms with Gasteiger partial charge in [0.05, 0.1) is 13.2 Å². The van der Waals surface area contributed by atoms with Gasteiger partial charge in [0, 0.05) is 12.2 Å². The molecule has 1 unspecified atom stereocenters. The quantitative estimate of drug-likeness (QED) is 0.879. The normalized spacial score (nSPS) is 12.0. The number of aryl methyl sites for hydroxylation is 1. The zero-order valence-electron chi connectivity index (χ0n) is 11.6. The van der Waals surface area contributed by atoms with Crippen LogP contribution < -0.4 is 10.1 Å². The number of anilines is 1. The number of methoxy groups -OCH3 is 1. The smallest absolute Gasteiger partial charge is 0.123 e. The van der Waals surface area contributed by atoms with Gasteiger partial charge in [0.2, 0.25) is 0 Å². The molecule has 4 heteroatoms. The molecule has 0 aliphatic heterocycles. The van der Waals surface area contributed by atoms with E-state index in [-0.39, 0.29) is 5.82 Å². The van der Waals surface area contributed by atoms with Gasteiger partial charge in [-0.15, -0.1) is 0 Å². The van der Waals surface area contributed by atoms with Crippen molar-refractivity contribution >= 4 is 5.69 Å². The van der Waals surface area contributed by atoms with Crippen LogP contribution in [0.1, 0.15) is 17.2 Å². The SMILES string of the molecule is COc1ccc(NCC(O)c2cccc(F)c2)c(C)c1. The molecule has 0 aliphatic rings. The van der Waals surface area contributed by atoms with Crippen molar-refractivity contribution in [2.24, 2.45) is 0 Å². The van der Waals surface area contributed by atoms with E-state index >= 15 is 0 Å². The van der Waals surface area contributed by atoms with Gasteiger partial charge in [-0.2, -0.15) is 0 Å². The number of benzene rings is 2. The monoisotopic (exact) mass is 275 g/mol. The second-order valence-corrected chi connectivity index (χ2v) is 4.63. The number of nitrogens with one attached hydrogen (secondary N) is 1. The molecule has 2 aromatic carbocycles. The Kier molecular flexibility index (Phi) is 4.58. The molecule has 1 atom stereocenters. The van der Waals surface area contributed by atoms with Crippen molar-refractivity contribution < 1.29 is 14.2 Å². The first-order chi connectivity index (χ1) is 9.60. The lowest BCUT2D eigenvalue weighted by molar-refractivity contribution is 0.191. The summed E-state index contributed by atoms with van der Waals surface area (Å²) >= 11 is 0. The molecular weight excluding hydrogens is 257 g/mol. The highest BCUT2D eigenvalue weighted by Gasteiger charge is 2.09. The molecule has 2 rings (SSSR count). The van der Waals surface area contributed by atoms with Gasteiger partial charge in [-0.05, 0) is 48.4 Å². The molecule has 0 aromatic heterocycles. The summed E-state index contributed by atoms with van der Waals surface area (Å²) in [5, 5.41) is 13.2. The van der Waals surface area contributed by atoms with E-state index in [9.17, 15) is 9.50 Å². The van der Waals surface area contributed by atoms with Crippen LogP contribution in [0.5, 0.6) is 5.75 Å². The molecule has 0 fully saturated rings. The molecule has 0 radical (unpaired) electrons. The van der Waals surface area contributed by atoms with E-state index in [2.05, 4.69) is 5.32 Å². The predicted molar refractivity (Wildman–Crippen MR) is 77.6 cm³/mol. The molecule has 2 N–H and O–H groups in total. The van der Waals surface area contributed by atoms with Crippen molar-refractivity contribution in [1.29, 1.82) is 0 Å². The summed E-state index contributed by atoms with van der Waals surface area (Å²) in [6, 6.07) is 11.7. The third-order valence-electron chi connectivity index (χ3n) is 3.15. The molecule has 0 aliphatic carbocycles. The molecule has 0 heterocycles. The van der Waals surface area contributed by atoms with Gasteiger partial charge in [0.15, 0.2) is 0 Å². The topological polar surface area (TPSA) is 41.5 Å². The van der Waals surface area contributed by atoms with Crippen LogP contribution in [-0.2, 0) is 0 Å². The van der Waals surface area contributed by atoms with Gasteiger partial charge in [-0.1, -0.05) is 12.1 Å². The van der Waals surface area contributed by atoms with Crippen LogP contribution in [0, 0.1) is 12.7 Å². The van der Waals surface area contributed by atoms with Crippen molar-refractivity contribution in [3.63, 3.8) is 0 Å². The van der Waals surface area contributed by atoms with E-state index in [4.69, 9.17) is 4.74 Å². The Morgan fingerprint density at radius 1 is 1.25 bits per heavy atom. The lowest BCUT2D eigenvalue weighted by Gasteiger charge is -2.15. The second kappa shape index (κ2) is 6.39. The highest BCUT2D eigenvalue weighted by molar-refractivity contribution is 5.53. The van der Waals surface area contributed by atoms with E-state index in [1.54, 1.807) is 19.2 Å². The van der Waals surface area contributed by atoms with E-state index in [0.29, 0.717) is 12.1 Å². The van der Waals surface area contributed by atoms with Crippen LogP contribution >= 0.6 is 0 Å². The molecular formula is C16H18FNO2. The maximum Gasteiger partial charge on any atom is 0.123 e. The van der Waals surface area contributed by atoms with Crippen molar-refractivity contribution in [1.82, 2.24) is 0 Å². The first kappa shape index (κ1) is 14.3. The minimum absolute atomic E-state index is 0.316. The Labute approximate surface area is 118 Å². The molecule has 0 spiro atoms. The summed E-state index contributed by atoms with van der Waals surface area (Å²) in [6.45, 7) is 2.27. The Balaban J connectivity index is 2.01. The van der Waals surface area contributed by atoms with E-state index < -0.39 is 6.10 Å². The molecule has 0 amide bonds. The third-order valence-corrected chi connectivity index (χ3v) is 3.15. The van der Waals surface area contributed by atoms with Gasteiger partial charge < -0.3 is 15.2 Å². The van der Waals surface area contributed by atoms with Crippen molar-refractivity contribution in [3.05, 3.63) is 59.4 Å². The Bertz CT molecular complexity index is 586. The summed E-state index contributed by atoms with van der Waals surface area (Å²) in [7, 11) is 1.62. The van der Waals surface area contributed by atoms with Crippen molar-refractivity contribution in [2.75, 3.05) is 19.0 Å². The van der Waals surface area contributed by atoms with Crippen LogP contribution in [0.4, 0.5) is 10.1 Å². The van der Waals surface area contributed by atoms with Crippen LogP contribution in [0.15, 0.2) is 42.5 Å². The molecule has 0 saturated carbocycles. The van der Waals surface area contributed by atoms with Crippen molar-refractivity contribution in [2.45, 2.75) is 13.0 Å². The number of hydrogen-bond donors (Lipinski definition) is 2. The predicted octanol–water partition coefficient (Wildman–Crippen LogP) is 3.29. The number of halogens is 1. The fraction of sp³-hybridized carbons (Fsp3) is 0.250. The fourth-order valence-corrected chi connectivity index (χ4v) is 2.00. The van der Waals surface area contributed by atoms with Crippen LogP contribution in [0.3, 0.4) is 0 Å². The standard InChI is InChI=1S/C16H18FNO2/c1-11-8-14(20-2)6-7-15(11)18-10-16(19)12-4-3-5-13(17)9-12/h3-9,16,18-19H,10H2,1-2H3. The Hall–Kier alpha value is -2.07. The largest absolute Gasteiger partial charge is 0.497 e. The number of ether oxygens (including phenoxy) is 1.